The molecule has 1 heterocycles. The minimum atomic E-state index is 0.182. The lowest BCUT2D eigenvalue weighted by Crippen LogP contribution is -2.15. The third-order valence-corrected chi connectivity index (χ3v) is 3.73. The minimum absolute atomic E-state index is 0.182. The second-order valence-corrected chi connectivity index (χ2v) is 4.80. The average Bonchev–Trinajstić information content (AvgIpc) is 2.79. The van der Waals surface area contributed by atoms with Crippen LogP contribution >= 0.6 is 0 Å². The lowest BCUT2D eigenvalue weighted by Gasteiger charge is -2.15. The van der Waals surface area contributed by atoms with Crippen LogP contribution < -0.4 is 5.73 Å². The molecule has 0 amide bonds. The fourth-order valence-corrected chi connectivity index (χ4v) is 2.61. The summed E-state index contributed by atoms with van der Waals surface area (Å²) in [5.74, 6) is 0.847. The van der Waals surface area contributed by atoms with Crippen LogP contribution in [-0.4, -0.2) is 9.78 Å². The highest BCUT2D eigenvalue weighted by molar-refractivity contribution is 5.20. The fourth-order valence-electron chi connectivity index (χ4n) is 2.61. The Labute approximate surface area is 91.7 Å². The number of rotatable bonds is 3. The summed E-state index contributed by atoms with van der Waals surface area (Å²) < 4.78 is 1.91. The highest BCUT2D eigenvalue weighted by atomic mass is 15.3. The summed E-state index contributed by atoms with van der Waals surface area (Å²) in [7, 11) is 1.97. The van der Waals surface area contributed by atoms with Crippen LogP contribution in [0.25, 0.3) is 0 Å². The Morgan fingerprint density at radius 2 is 2.20 bits per heavy atom. The molecule has 1 aromatic heterocycles. The Morgan fingerprint density at radius 3 is 2.73 bits per heavy atom. The summed E-state index contributed by atoms with van der Waals surface area (Å²) in [6.45, 7) is 2.09. The van der Waals surface area contributed by atoms with Crippen LogP contribution in [0.4, 0.5) is 0 Å². The van der Waals surface area contributed by atoms with Crippen molar-refractivity contribution in [3.05, 3.63) is 17.5 Å². The van der Waals surface area contributed by atoms with Gasteiger partial charge in [-0.25, -0.2) is 0 Å². The Hall–Kier alpha value is -0.830. The summed E-state index contributed by atoms with van der Waals surface area (Å²) >= 11 is 0. The molecule has 1 aliphatic rings. The highest BCUT2D eigenvalue weighted by Crippen LogP contribution is 2.32. The Balaban J connectivity index is 2.00. The second-order valence-electron chi connectivity index (χ2n) is 4.80. The maximum absolute atomic E-state index is 6.24. The molecule has 0 aromatic carbocycles. The van der Waals surface area contributed by atoms with E-state index in [4.69, 9.17) is 5.73 Å². The zero-order valence-electron chi connectivity index (χ0n) is 9.74. The molecule has 0 spiro atoms. The van der Waals surface area contributed by atoms with Crippen molar-refractivity contribution in [1.29, 1.82) is 0 Å². The molecule has 2 N–H and O–H groups in total. The van der Waals surface area contributed by atoms with E-state index in [0.29, 0.717) is 0 Å². The zero-order chi connectivity index (χ0) is 10.8. The van der Waals surface area contributed by atoms with Gasteiger partial charge in [-0.15, -0.1) is 0 Å². The molecule has 3 nitrogen and oxygen atoms in total. The molecule has 84 valence electrons. The van der Waals surface area contributed by atoms with E-state index in [-0.39, 0.29) is 6.04 Å². The Bertz CT molecular complexity index is 324. The van der Waals surface area contributed by atoms with Gasteiger partial charge >= 0.3 is 0 Å². The van der Waals surface area contributed by atoms with Crippen molar-refractivity contribution in [3.8, 4) is 0 Å². The molecule has 0 bridgehead atoms. The number of nitrogens with two attached hydrogens (primary N) is 1. The van der Waals surface area contributed by atoms with E-state index in [0.717, 1.165) is 12.3 Å². The predicted molar refractivity (Wildman–Crippen MR) is 61.4 cm³/mol. The van der Waals surface area contributed by atoms with Crippen molar-refractivity contribution >= 4 is 0 Å². The van der Waals surface area contributed by atoms with E-state index in [1.54, 1.807) is 0 Å². The second kappa shape index (κ2) is 4.35. The van der Waals surface area contributed by atoms with Crippen molar-refractivity contribution in [3.63, 3.8) is 0 Å². The maximum Gasteiger partial charge on any atom is 0.0540 e. The first-order valence-corrected chi connectivity index (χ1v) is 5.92. The molecular weight excluding hydrogens is 186 g/mol. The molecule has 1 fully saturated rings. The van der Waals surface area contributed by atoms with Gasteiger partial charge in [0.15, 0.2) is 0 Å². The average molecular weight is 207 g/mol. The summed E-state index contributed by atoms with van der Waals surface area (Å²) in [5.41, 5.74) is 8.67. The van der Waals surface area contributed by atoms with Crippen molar-refractivity contribution in [2.75, 3.05) is 0 Å². The molecule has 0 saturated heterocycles. The monoisotopic (exact) mass is 207 g/mol. The van der Waals surface area contributed by atoms with Gasteiger partial charge < -0.3 is 5.73 Å². The topological polar surface area (TPSA) is 43.8 Å². The van der Waals surface area contributed by atoms with Gasteiger partial charge in [-0.05, 0) is 19.3 Å². The third-order valence-electron chi connectivity index (χ3n) is 3.73. The van der Waals surface area contributed by atoms with Crippen molar-refractivity contribution in [2.24, 2.45) is 18.7 Å². The first-order valence-electron chi connectivity index (χ1n) is 5.92. The molecule has 1 aliphatic carbocycles. The van der Waals surface area contributed by atoms with Gasteiger partial charge in [-0.3, -0.25) is 4.68 Å². The summed E-state index contributed by atoms with van der Waals surface area (Å²) in [6, 6.07) is 0.182. The first-order chi connectivity index (χ1) is 7.18. The van der Waals surface area contributed by atoms with Gasteiger partial charge in [0.2, 0.25) is 0 Å². The van der Waals surface area contributed by atoms with E-state index in [9.17, 15) is 0 Å². The van der Waals surface area contributed by atoms with Crippen molar-refractivity contribution in [2.45, 2.75) is 45.1 Å². The van der Waals surface area contributed by atoms with Gasteiger partial charge in [-0.2, -0.15) is 5.10 Å². The molecule has 1 atom stereocenters. The van der Waals surface area contributed by atoms with Gasteiger partial charge in [0, 0.05) is 24.3 Å². The van der Waals surface area contributed by atoms with Crippen molar-refractivity contribution in [1.82, 2.24) is 9.78 Å². The number of nitrogens with zero attached hydrogens (tertiary/aromatic N) is 2. The summed E-state index contributed by atoms with van der Waals surface area (Å²) in [4.78, 5) is 0. The van der Waals surface area contributed by atoms with Gasteiger partial charge in [0.05, 0.1) is 6.20 Å². The lowest BCUT2D eigenvalue weighted by molar-refractivity contribution is 0.449. The first kappa shape index (κ1) is 10.7. The number of hydrogen-bond acceptors (Lipinski definition) is 2. The van der Waals surface area contributed by atoms with Crippen LogP contribution in [0.2, 0.25) is 0 Å². The molecule has 1 unspecified atom stereocenters. The SMILES string of the molecule is Cc1c(C(N)CC2CCCC2)cnn1C. The quantitative estimate of drug-likeness (QED) is 0.826. The lowest BCUT2D eigenvalue weighted by atomic mass is 9.95. The Kier molecular flexibility index (Phi) is 3.10. The van der Waals surface area contributed by atoms with Crippen LogP contribution in [0.3, 0.4) is 0 Å². The molecule has 0 aliphatic heterocycles. The predicted octanol–water partition coefficient (Wildman–Crippen LogP) is 2.31. The fraction of sp³-hybridized carbons (Fsp3) is 0.750. The molecule has 2 rings (SSSR count). The van der Waals surface area contributed by atoms with E-state index >= 15 is 0 Å². The standard InChI is InChI=1S/C12H21N3/c1-9-11(8-14-15(9)2)12(13)7-10-5-3-4-6-10/h8,10,12H,3-7,13H2,1-2H3. The normalized spacial score (nSPS) is 19.7. The van der Waals surface area contributed by atoms with Crippen LogP contribution in [-0.2, 0) is 7.05 Å². The van der Waals surface area contributed by atoms with Gasteiger partial charge in [0.1, 0.15) is 0 Å². The molecule has 15 heavy (non-hydrogen) atoms. The van der Waals surface area contributed by atoms with Gasteiger partial charge in [0.25, 0.3) is 0 Å². The molecule has 1 saturated carbocycles. The largest absolute Gasteiger partial charge is 0.324 e. The molecular formula is C12H21N3. The van der Waals surface area contributed by atoms with Crippen LogP contribution in [0.5, 0.6) is 0 Å². The zero-order valence-corrected chi connectivity index (χ0v) is 9.74. The number of aromatic nitrogens is 2. The molecule has 0 radical (unpaired) electrons. The van der Waals surface area contributed by atoms with E-state index in [1.165, 1.54) is 36.9 Å². The molecule has 1 aromatic rings. The van der Waals surface area contributed by atoms with Crippen LogP contribution in [0, 0.1) is 12.8 Å². The smallest absolute Gasteiger partial charge is 0.0540 e. The summed E-state index contributed by atoms with van der Waals surface area (Å²) in [6.07, 6.45) is 8.58. The highest BCUT2D eigenvalue weighted by Gasteiger charge is 2.20. The van der Waals surface area contributed by atoms with Crippen LogP contribution in [0.1, 0.15) is 49.4 Å². The number of aryl methyl sites for hydroxylation is 1. The van der Waals surface area contributed by atoms with Gasteiger partial charge in [-0.1, -0.05) is 25.7 Å². The summed E-state index contributed by atoms with van der Waals surface area (Å²) in [5, 5.41) is 4.25. The number of hydrogen-bond donors (Lipinski definition) is 1. The Morgan fingerprint density at radius 1 is 1.53 bits per heavy atom. The van der Waals surface area contributed by atoms with Crippen molar-refractivity contribution < 1.29 is 0 Å². The van der Waals surface area contributed by atoms with Crippen LogP contribution in [0.15, 0.2) is 6.20 Å². The molecule has 3 heteroatoms. The third kappa shape index (κ3) is 2.23. The van der Waals surface area contributed by atoms with E-state index in [2.05, 4.69) is 12.0 Å². The van der Waals surface area contributed by atoms with E-state index in [1.807, 2.05) is 17.9 Å². The minimum Gasteiger partial charge on any atom is -0.324 e. The maximum atomic E-state index is 6.24. The van der Waals surface area contributed by atoms with E-state index < -0.39 is 0 Å².